The summed E-state index contributed by atoms with van der Waals surface area (Å²) in [7, 11) is 0. The molecule has 1 rings (SSSR count). The number of hydrogen-bond donors (Lipinski definition) is 2. The highest BCUT2D eigenvalue weighted by atomic mass is 79.9. The normalized spacial score (nSPS) is 10.4. The minimum atomic E-state index is -0.847. The van der Waals surface area contributed by atoms with Crippen LogP contribution < -0.4 is 5.32 Å². The van der Waals surface area contributed by atoms with Crippen LogP contribution in [0.2, 0.25) is 0 Å². The van der Waals surface area contributed by atoms with E-state index in [0.717, 1.165) is 4.47 Å². The van der Waals surface area contributed by atoms with Crippen molar-refractivity contribution in [3.05, 3.63) is 28.7 Å². The topological polar surface area (TPSA) is 69.6 Å². The average Bonchev–Trinajstić information content (AvgIpc) is 2.36. The van der Waals surface area contributed by atoms with Gasteiger partial charge in [0.2, 0.25) is 0 Å². The van der Waals surface area contributed by atoms with Crippen molar-refractivity contribution in [2.75, 3.05) is 11.9 Å². The molecule has 0 aromatic heterocycles. The zero-order valence-electron chi connectivity index (χ0n) is 11.6. The summed E-state index contributed by atoms with van der Waals surface area (Å²) in [5.41, 5.74) is 0.696. The van der Waals surface area contributed by atoms with Crippen molar-refractivity contribution in [1.82, 2.24) is 4.90 Å². The molecule has 0 aliphatic rings. The van der Waals surface area contributed by atoms with Crippen LogP contribution in [0.3, 0.4) is 0 Å². The average molecular weight is 343 g/mol. The molecule has 1 aromatic carbocycles. The molecule has 110 valence electrons. The lowest BCUT2D eigenvalue weighted by atomic mass is 10.2. The fourth-order valence-corrected chi connectivity index (χ4v) is 2.13. The molecule has 0 saturated carbocycles. The summed E-state index contributed by atoms with van der Waals surface area (Å²) >= 11 is 3.37. The molecular formula is C14H19BrN2O3. The van der Waals surface area contributed by atoms with E-state index in [1.165, 1.54) is 0 Å². The number of carboxylic acids is 1. The Balaban J connectivity index is 2.65. The highest BCUT2D eigenvalue weighted by Crippen LogP contribution is 2.21. The lowest BCUT2D eigenvalue weighted by molar-refractivity contribution is -0.137. The van der Waals surface area contributed by atoms with Crippen LogP contribution in [-0.2, 0) is 4.79 Å². The van der Waals surface area contributed by atoms with Gasteiger partial charge in [0.15, 0.2) is 0 Å². The van der Waals surface area contributed by atoms with Crippen LogP contribution in [-0.4, -0.2) is 34.6 Å². The monoisotopic (exact) mass is 342 g/mol. The summed E-state index contributed by atoms with van der Waals surface area (Å²) < 4.78 is 0.808. The number of anilines is 1. The van der Waals surface area contributed by atoms with Gasteiger partial charge < -0.3 is 15.3 Å². The van der Waals surface area contributed by atoms with Crippen molar-refractivity contribution in [3.8, 4) is 0 Å². The van der Waals surface area contributed by atoms with E-state index >= 15 is 0 Å². The Morgan fingerprint density at radius 3 is 2.55 bits per heavy atom. The number of nitrogens with one attached hydrogen (secondary N) is 1. The van der Waals surface area contributed by atoms with Crippen LogP contribution in [0.4, 0.5) is 10.5 Å². The Kier molecular flexibility index (Phi) is 6.51. The SMILES string of the molecule is CC(C)N(CCCC(=O)O)C(=O)Nc1ccccc1Br. The van der Waals surface area contributed by atoms with E-state index in [2.05, 4.69) is 21.2 Å². The molecule has 5 nitrogen and oxygen atoms in total. The maximum Gasteiger partial charge on any atom is 0.322 e. The van der Waals surface area contributed by atoms with Gasteiger partial charge in [-0.3, -0.25) is 4.79 Å². The van der Waals surface area contributed by atoms with Crippen molar-refractivity contribution < 1.29 is 14.7 Å². The first-order chi connectivity index (χ1) is 9.41. The summed E-state index contributed by atoms with van der Waals surface area (Å²) in [5.74, 6) is -0.847. The number of carbonyl (C=O) groups excluding carboxylic acids is 1. The molecule has 0 aliphatic heterocycles. The lowest BCUT2D eigenvalue weighted by Gasteiger charge is -2.27. The van der Waals surface area contributed by atoms with Crippen LogP contribution >= 0.6 is 15.9 Å². The number of nitrogens with zero attached hydrogens (tertiary/aromatic N) is 1. The van der Waals surface area contributed by atoms with Crippen LogP contribution in [0, 0.1) is 0 Å². The molecule has 20 heavy (non-hydrogen) atoms. The maximum absolute atomic E-state index is 12.2. The molecule has 0 aliphatic carbocycles. The number of carboxylic acid groups (broad SMARTS) is 1. The van der Waals surface area contributed by atoms with Crippen LogP contribution in [0.5, 0.6) is 0 Å². The zero-order valence-corrected chi connectivity index (χ0v) is 13.2. The predicted octanol–water partition coefficient (Wildman–Crippen LogP) is 3.56. The number of aliphatic carboxylic acids is 1. The Hall–Kier alpha value is -1.56. The van der Waals surface area contributed by atoms with Crippen molar-refractivity contribution in [1.29, 1.82) is 0 Å². The van der Waals surface area contributed by atoms with E-state index < -0.39 is 5.97 Å². The van der Waals surface area contributed by atoms with Gasteiger partial charge in [0.05, 0.1) is 5.69 Å². The summed E-state index contributed by atoms with van der Waals surface area (Å²) in [6.45, 7) is 4.22. The van der Waals surface area contributed by atoms with E-state index in [4.69, 9.17) is 5.11 Å². The molecule has 0 unspecified atom stereocenters. The smallest absolute Gasteiger partial charge is 0.322 e. The van der Waals surface area contributed by atoms with E-state index in [9.17, 15) is 9.59 Å². The van der Waals surface area contributed by atoms with Gasteiger partial charge in [-0.15, -0.1) is 0 Å². The summed E-state index contributed by atoms with van der Waals surface area (Å²) in [6.07, 6.45) is 0.502. The second-order valence-corrected chi connectivity index (χ2v) is 5.55. The van der Waals surface area contributed by atoms with Gasteiger partial charge in [0.1, 0.15) is 0 Å². The number of urea groups is 1. The number of halogens is 1. The summed E-state index contributed by atoms with van der Waals surface area (Å²) in [5, 5.41) is 11.5. The van der Waals surface area contributed by atoms with Gasteiger partial charge in [-0.1, -0.05) is 12.1 Å². The Bertz CT molecular complexity index is 477. The quantitative estimate of drug-likeness (QED) is 0.830. The highest BCUT2D eigenvalue weighted by Gasteiger charge is 2.17. The molecule has 0 fully saturated rings. The van der Waals surface area contributed by atoms with Gasteiger partial charge in [-0.2, -0.15) is 0 Å². The molecule has 1 aromatic rings. The number of hydrogen-bond acceptors (Lipinski definition) is 2. The Morgan fingerprint density at radius 2 is 2.00 bits per heavy atom. The standard InChI is InChI=1S/C14H19BrN2O3/c1-10(2)17(9-5-8-13(18)19)14(20)16-12-7-4-3-6-11(12)15/h3-4,6-7,10H,5,8-9H2,1-2H3,(H,16,20)(H,18,19). The first-order valence-corrected chi connectivity index (χ1v) is 7.25. The molecule has 6 heteroatoms. The molecular weight excluding hydrogens is 324 g/mol. The van der Waals surface area contributed by atoms with E-state index in [-0.39, 0.29) is 18.5 Å². The largest absolute Gasteiger partial charge is 0.481 e. The number of benzene rings is 1. The summed E-state index contributed by atoms with van der Waals surface area (Å²) in [6, 6.07) is 7.14. The van der Waals surface area contributed by atoms with Crippen molar-refractivity contribution in [2.45, 2.75) is 32.7 Å². The number of amides is 2. The van der Waals surface area contributed by atoms with Gasteiger partial charge in [-0.05, 0) is 48.3 Å². The van der Waals surface area contributed by atoms with Gasteiger partial charge in [0, 0.05) is 23.5 Å². The van der Waals surface area contributed by atoms with E-state index in [0.29, 0.717) is 18.7 Å². The van der Waals surface area contributed by atoms with Crippen LogP contribution in [0.1, 0.15) is 26.7 Å². The third-order valence-electron chi connectivity index (χ3n) is 2.79. The predicted molar refractivity (Wildman–Crippen MR) is 81.9 cm³/mol. The minimum Gasteiger partial charge on any atom is -0.481 e. The molecule has 0 bridgehead atoms. The van der Waals surface area contributed by atoms with Crippen molar-refractivity contribution in [2.24, 2.45) is 0 Å². The van der Waals surface area contributed by atoms with Crippen LogP contribution in [0.15, 0.2) is 28.7 Å². The molecule has 0 spiro atoms. The second kappa shape index (κ2) is 7.89. The number of carbonyl (C=O) groups is 2. The molecule has 0 atom stereocenters. The van der Waals surface area contributed by atoms with Crippen LogP contribution in [0.25, 0.3) is 0 Å². The van der Waals surface area contributed by atoms with Crippen molar-refractivity contribution in [3.63, 3.8) is 0 Å². The molecule has 0 radical (unpaired) electrons. The van der Waals surface area contributed by atoms with Crippen molar-refractivity contribution >= 4 is 33.6 Å². The van der Waals surface area contributed by atoms with Gasteiger partial charge >= 0.3 is 12.0 Å². The second-order valence-electron chi connectivity index (χ2n) is 4.69. The molecule has 2 N–H and O–H groups in total. The fourth-order valence-electron chi connectivity index (χ4n) is 1.74. The number of rotatable bonds is 6. The first-order valence-electron chi connectivity index (χ1n) is 6.45. The fraction of sp³-hybridized carbons (Fsp3) is 0.429. The maximum atomic E-state index is 12.2. The molecule has 0 heterocycles. The first kappa shape index (κ1) is 16.5. The zero-order chi connectivity index (χ0) is 15.1. The van der Waals surface area contributed by atoms with Gasteiger partial charge in [0.25, 0.3) is 0 Å². The van der Waals surface area contributed by atoms with Gasteiger partial charge in [-0.25, -0.2) is 4.79 Å². The molecule has 2 amide bonds. The van der Waals surface area contributed by atoms with E-state index in [1.807, 2.05) is 32.0 Å². The Morgan fingerprint density at radius 1 is 1.35 bits per heavy atom. The summed E-state index contributed by atoms with van der Waals surface area (Å²) in [4.78, 5) is 24.4. The minimum absolute atomic E-state index is 0.00582. The molecule has 0 saturated heterocycles. The highest BCUT2D eigenvalue weighted by molar-refractivity contribution is 9.10. The number of para-hydroxylation sites is 1. The Labute approximate surface area is 127 Å². The third-order valence-corrected chi connectivity index (χ3v) is 3.48. The lowest BCUT2D eigenvalue weighted by Crippen LogP contribution is -2.40. The third kappa shape index (κ3) is 5.21. The van der Waals surface area contributed by atoms with E-state index in [1.54, 1.807) is 11.0 Å².